The zero-order valence-electron chi connectivity index (χ0n) is 8.89. The molecule has 0 spiro atoms. The van der Waals surface area contributed by atoms with Crippen molar-refractivity contribution in [1.29, 1.82) is 0 Å². The highest BCUT2D eigenvalue weighted by atomic mass is 16.8. The van der Waals surface area contributed by atoms with Crippen molar-refractivity contribution in [2.75, 3.05) is 6.61 Å². The van der Waals surface area contributed by atoms with Gasteiger partial charge in [0.25, 0.3) is 5.91 Å². The van der Waals surface area contributed by atoms with Gasteiger partial charge < -0.3 is 21.0 Å². The van der Waals surface area contributed by atoms with Crippen LogP contribution in [0.15, 0.2) is 0 Å². The molecule has 8 heteroatoms. The molecule has 0 bridgehead atoms. The SMILES string of the molecule is CCOC(=O)ONC(=O)C(N)CCC(N)=O. The summed E-state index contributed by atoms with van der Waals surface area (Å²) in [5.41, 5.74) is 12.0. The van der Waals surface area contributed by atoms with Gasteiger partial charge in [-0.05, 0) is 13.3 Å². The van der Waals surface area contributed by atoms with Gasteiger partial charge in [0.2, 0.25) is 5.91 Å². The van der Waals surface area contributed by atoms with E-state index in [1.165, 1.54) is 0 Å². The average molecular weight is 233 g/mol. The van der Waals surface area contributed by atoms with E-state index in [2.05, 4.69) is 9.57 Å². The maximum absolute atomic E-state index is 11.1. The second-order valence-electron chi connectivity index (χ2n) is 2.86. The van der Waals surface area contributed by atoms with Crippen molar-refractivity contribution in [3.05, 3.63) is 0 Å². The number of rotatable bonds is 5. The summed E-state index contributed by atoms with van der Waals surface area (Å²) in [6, 6.07) is -0.970. The van der Waals surface area contributed by atoms with E-state index >= 15 is 0 Å². The molecule has 5 N–H and O–H groups in total. The van der Waals surface area contributed by atoms with E-state index in [0.29, 0.717) is 0 Å². The first-order chi connectivity index (χ1) is 7.47. The molecule has 2 amide bonds. The van der Waals surface area contributed by atoms with Gasteiger partial charge in [-0.2, -0.15) is 5.48 Å². The van der Waals surface area contributed by atoms with Crippen molar-refractivity contribution in [3.63, 3.8) is 0 Å². The third-order valence-electron chi connectivity index (χ3n) is 1.54. The zero-order chi connectivity index (χ0) is 12.6. The lowest BCUT2D eigenvalue weighted by molar-refractivity contribution is -0.132. The largest absolute Gasteiger partial charge is 0.533 e. The average Bonchev–Trinajstić information content (AvgIpc) is 2.22. The van der Waals surface area contributed by atoms with Gasteiger partial charge in [-0.15, -0.1) is 0 Å². The molecule has 0 rings (SSSR count). The molecule has 0 aliphatic heterocycles. The second kappa shape index (κ2) is 7.46. The first-order valence-corrected chi connectivity index (χ1v) is 4.64. The van der Waals surface area contributed by atoms with Gasteiger partial charge in [0.05, 0.1) is 12.6 Å². The Bertz CT molecular complexity index is 268. The lowest BCUT2D eigenvalue weighted by Gasteiger charge is -2.10. The molecular weight excluding hydrogens is 218 g/mol. The fourth-order valence-corrected chi connectivity index (χ4v) is 0.744. The molecule has 1 unspecified atom stereocenters. The maximum Gasteiger partial charge on any atom is 0.533 e. The summed E-state index contributed by atoms with van der Waals surface area (Å²) in [7, 11) is 0. The molecule has 0 aliphatic carbocycles. The molecule has 92 valence electrons. The van der Waals surface area contributed by atoms with Gasteiger partial charge in [-0.1, -0.05) is 0 Å². The Morgan fingerprint density at radius 2 is 2.00 bits per heavy atom. The van der Waals surface area contributed by atoms with Crippen LogP contribution in [0.1, 0.15) is 19.8 Å². The third-order valence-corrected chi connectivity index (χ3v) is 1.54. The van der Waals surface area contributed by atoms with Crippen LogP contribution in [0.2, 0.25) is 0 Å². The minimum atomic E-state index is -1.03. The van der Waals surface area contributed by atoms with Crippen molar-refractivity contribution in [3.8, 4) is 0 Å². The molecule has 0 saturated heterocycles. The number of hydroxylamine groups is 1. The lowest BCUT2D eigenvalue weighted by Crippen LogP contribution is -2.42. The molecule has 0 saturated carbocycles. The van der Waals surface area contributed by atoms with Crippen LogP contribution >= 0.6 is 0 Å². The molecule has 16 heavy (non-hydrogen) atoms. The number of carbonyl (C=O) groups is 3. The van der Waals surface area contributed by atoms with Gasteiger partial charge in [0.15, 0.2) is 0 Å². The summed E-state index contributed by atoms with van der Waals surface area (Å²) in [4.78, 5) is 36.4. The third kappa shape index (κ3) is 6.60. The molecule has 0 radical (unpaired) electrons. The van der Waals surface area contributed by atoms with Crippen LogP contribution in [0, 0.1) is 0 Å². The topological polar surface area (TPSA) is 134 Å². The Morgan fingerprint density at radius 3 is 2.50 bits per heavy atom. The van der Waals surface area contributed by atoms with Crippen LogP contribution in [0.3, 0.4) is 0 Å². The minimum absolute atomic E-state index is 0.0198. The predicted octanol–water partition coefficient (Wildman–Crippen LogP) is -1.22. The van der Waals surface area contributed by atoms with Crippen LogP contribution in [-0.2, 0) is 19.2 Å². The highest BCUT2D eigenvalue weighted by Gasteiger charge is 2.16. The van der Waals surface area contributed by atoms with Gasteiger partial charge in [0.1, 0.15) is 0 Å². The minimum Gasteiger partial charge on any atom is -0.433 e. The first kappa shape index (κ1) is 14.2. The Kier molecular flexibility index (Phi) is 6.61. The van der Waals surface area contributed by atoms with Crippen LogP contribution in [0.25, 0.3) is 0 Å². The Balaban J connectivity index is 3.78. The molecule has 0 aromatic rings. The maximum atomic E-state index is 11.1. The number of nitrogens with two attached hydrogens (primary N) is 2. The number of amides is 2. The van der Waals surface area contributed by atoms with Crippen LogP contribution < -0.4 is 16.9 Å². The van der Waals surface area contributed by atoms with Crippen LogP contribution in [-0.4, -0.2) is 30.6 Å². The monoisotopic (exact) mass is 233 g/mol. The standard InChI is InChI=1S/C8H15N3O5/c1-2-15-8(14)16-11-7(13)5(9)3-4-6(10)12/h5H,2-4,9H2,1H3,(H2,10,12)(H,11,13). The highest BCUT2D eigenvalue weighted by molar-refractivity contribution is 5.82. The first-order valence-electron chi connectivity index (χ1n) is 4.64. The fourth-order valence-electron chi connectivity index (χ4n) is 0.744. The van der Waals surface area contributed by atoms with E-state index in [1.54, 1.807) is 12.4 Å². The summed E-state index contributed by atoms with van der Waals surface area (Å²) in [5.74, 6) is -1.29. The van der Waals surface area contributed by atoms with Crippen molar-refractivity contribution in [2.45, 2.75) is 25.8 Å². The molecule has 1 atom stereocenters. The van der Waals surface area contributed by atoms with Gasteiger partial charge in [0, 0.05) is 6.42 Å². The van der Waals surface area contributed by atoms with E-state index in [-0.39, 0.29) is 19.4 Å². The molecule has 0 heterocycles. The van der Waals surface area contributed by atoms with Gasteiger partial charge in [-0.3, -0.25) is 9.59 Å². The number of hydrogen-bond acceptors (Lipinski definition) is 6. The molecule has 0 fully saturated rings. The van der Waals surface area contributed by atoms with E-state index < -0.39 is 24.0 Å². The Labute approximate surface area is 92.2 Å². The summed E-state index contributed by atoms with van der Waals surface area (Å²) < 4.78 is 4.38. The van der Waals surface area contributed by atoms with E-state index in [0.717, 1.165) is 0 Å². The van der Waals surface area contributed by atoms with Crippen molar-refractivity contribution >= 4 is 18.0 Å². The Morgan fingerprint density at radius 1 is 1.38 bits per heavy atom. The summed E-state index contributed by atoms with van der Waals surface area (Å²) in [5, 5.41) is 0. The second-order valence-corrected chi connectivity index (χ2v) is 2.86. The zero-order valence-corrected chi connectivity index (χ0v) is 8.89. The van der Waals surface area contributed by atoms with Gasteiger partial charge in [-0.25, -0.2) is 4.79 Å². The van der Waals surface area contributed by atoms with E-state index in [9.17, 15) is 14.4 Å². The molecule has 0 aromatic heterocycles. The quantitative estimate of drug-likeness (QED) is 0.402. The molecule has 8 nitrogen and oxygen atoms in total. The number of hydrogen-bond donors (Lipinski definition) is 3. The Hall–Kier alpha value is -1.83. The van der Waals surface area contributed by atoms with Gasteiger partial charge >= 0.3 is 6.16 Å². The lowest BCUT2D eigenvalue weighted by atomic mass is 10.1. The molecule has 0 aliphatic rings. The fraction of sp³-hybridized carbons (Fsp3) is 0.625. The summed E-state index contributed by atoms with van der Waals surface area (Å²) in [6.45, 7) is 1.71. The summed E-state index contributed by atoms with van der Waals surface area (Å²) in [6.07, 6.45) is -0.973. The number of carbonyl (C=O) groups excluding carboxylic acids is 3. The number of nitrogens with one attached hydrogen (secondary N) is 1. The number of ether oxygens (including phenoxy) is 1. The molecule has 0 aromatic carbocycles. The molecular formula is C8H15N3O5. The van der Waals surface area contributed by atoms with E-state index in [4.69, 9.17) is 11.5 Å². The van der Waals surface area contributed by atoms with Crippen LogP contribution in [0.4, 0.5) is 4.79 Å². The predicted molar refractivity (Wildman–Crippen MR) is 52.7 cm³/mol. The summed E-state index contributed by atoms with van der Waals surface area (Å²) >= 11 is 0. The van der Waals surface area contributed by atoms with Crippen molar-refractivity contribution in [2.24, 2.45) is 11.5 Å². The highest BCUT2D eigenvalue weighted by Crippen LogP contribution is 1.94. The smallest absolute Gasteiger partial charge is 0.433 e. The van der Waals surface area contributed by atoms with E-state index in [1.807, 2.05) is 0 Å². The van der Waals surface area contributed by atoms with Crippen LogP contribution in [0.5, 0.6) is 0 Å². The normalized spacial score (nSPS) is 11.4. The van der Waals surface area contributed by atoms with Crippen molar-refractivity contribution in [1.82, 2.24) is 5.48 Å². The van der Waals surface area contributed by atoms with Crippen molar-refractivity contribution < 1.29 is 24.0 Å². The number of primary amides is 1.